The normalized spacial score (nSPS) is 21.9. The molecule has 0 saturated carbocycles. The van der Waals surface area contributed by atoms with Crippen molar-refractivity contribution in [3.8, 4) is 0 Å². The van der Waals surface area contributed by atoms with Crippen molar-refractivity contribution in [2.24, 2.45) is 0 Å². The van der Waals surface area contributed by atoms with Crippen LogP contribution in [0.1, 0.15) is 12.8 Å². The molecule has 1 atom stereocenters. The third-order valence-corrected chi connectivity index (χ3v) is 5.19. The second kappa shape index (κ2) is 7.27. The number of hydrogen-bond acceptors (Lipinski definition) is 5. The number of nitrogens with one attached hydrogen (secondary N) is 1. The van der Waals surface area contributed by atoms with Gasteiger partial charge in [-0.25, -0.2) is 12.7 Å². The molecule has 0 bridgehead atoms. The van der Waals surface area contributed by atoms with Crippen LogP contribution in [0, 0.1) is 0 Å². The number of rotatable bonds is 7. The Bertz CT molecular complexity index is 301. The van der Waals surface area contributed by atoms with Gasteiger partial charge in [-0.1, -0.05) is 0 Å². The van der Waals surface area contributed by atoms with E-state index in [0.717, 1.165) is 19.4 Å². The van der Waals surface area contributed by atoms with Gasteiger partial charge in [-0.15, -0.1) is 0 Å². The molecule has 0 amide bonds. The Hall–Kier alpha value is -0.210. The number of sulfonamides is 1. The molecule has 6 nitrogen and oxygen atoms in total. The Labute approximate surface area is 103 Å². The molecule has 1 saturated heterocycles. The van der Waals surface area contributed by atoms with Crippen LogP contribution >= 0.6 is 0 Å². The first-order chi connectivity index (χ1) is 8.09. The Balaban J connectivity index is 2.39. The van der Waals surface area contributed by atoms with Gasteiger partial charge in [-0.05, 0) is 19.4 Å². The fraction of sp³-hybridized carbons (Fsp3) is 1.00. The van der Waals surface area contributed by atoms with E-state index in [9.17, 15) is 8.42 Å². The van der Waals surface area contributed by atoms with Gasteiger partial charge in [0.2, 0.25) is 10.0 Å². The lowest BCUT2D eigenvalue weighted by atomic mass is 10.2. The maximum atomic E-state index is 12.1. The van der Waals surface area contributed by atoms with E-state index in [1.807, 2.05) is 0 Å². The molecule has 1 rings (SSSR count). The number of aliphatic hydroxyl groups excluding tert-OH is 1. The van der Waals surface area contributed by atoms with E-state index in [4.69, 9.17) is 9.84 Å². The Morgan fingerprint density at radius 3 is 2.82 bits per heavy atom. The van der Waals surface area contributed by atoms with Crippen molar-refractivity contribution < 1.29 is 18.3 Å². The first-order valence-electron chi connectivity index (χ1n) is 5.93. The third-order valence-electron chi connectivity index (χ3n) is 2.89. The molecule has 0 spiro atoms. The van der Waals surface area contributed by atoms with Gasteiger partial charge in [0, 0.05) is 20.1 Å². The second-order valence-electron chi connectivity index (χ2n) is 4.17. The molecule has 0 radical (unpaired) electrons. The molecule has 0 aromatic carbocycles. The highest BCUT2D eigenvalue weighted by atomic mass is 32.2. The first-order valence-corrected chi connectivity index (χ1v) is 7.44. The minimum Gasteiger partial charge on any atom is -0.394 e. The third kappa shape index (κ3) is 4.51. The Morgan fingerprint density at radius 2 is 2.24 bits per heavy atom. The van der Waals surface area contributed by atoms with Crippen molar-refractivity contribution in [1.29, 1.82) is 0 Å². The molecule has 0 aromatic rings. The second-order valence-corrected chi connectivity index (χ2v) is 6.49. The van der Waals surface area contributed by atoms with Crippen LogP contribution in [0.5, 0.6) is 0 Å². The lowest BCUT2D eigenvalue weighted by molar-refractivity contribution is 0.0875. The first kappa shape index (κ1) is 14.8. The van der Waals surface area contributed by atoms with Crippen LogP contribution in [0.25, 0.3) is 0 Å². The van der Waals surface area contributed by atoms with E-state index in [2.05, 4.69) is 5.32 Å². The predicted octanol–water partition coefficient (Wildman–Crippen LogP) is -0.991. The minimum absolute atomic E-state index is 0.0387. The molecule has 7 heteroatoms. The summed E-state index contributed by atoms with van der Waals surface area (Å²) in [5.74, 6) is 0. The van der Waals surface area contributed by atoms with Crippen LogP contribution in [0.3, 0.4) is 0 Å². The molecule has 1 unspecified atom stereocenters. The summed E-state index contributed by atoms with van der Waals surface area (Å²) in [7, 11) is -1.65. The fourth-order valence-corrected chi connectivity index (χ4v) is 3.45. The summed E-state index contributed by atoms with van der Waals surface area (Å²) >= 11 is 0. The Morgan fingerprint density at radius 1 is 1.47 bits per heavy atom. The van der Waals surface area contributed by atoms with E-state index in [-0.39, 0.29) is 18.5 Å². The molecule has 1 aliphatic rings. The molecule has 1 aliphatic heterocycles. The molecule has 17 heavy (non-hydrogen) atoms. The van der Waals surface area contributed by atoms with Crippen LogP contribution in [-0.4, -0.2) is 69.6 Å². The number of likely N-dealkylation sites (N-methyl/N-ethyl adjacent to an activating group) is 1. The van der Waals surface area contributed by atoms with Crippen LogP contribution in [0.2, 0.25) is 0 Å². The quantitative estimate of drug-likeness (QED) is 0.578. The maximum Gasteiger partial charge on any atom is 0.218 e. The summed E-state index contributed by atoms with van der Waals surface area (Å²) in [5, 5.41) is 11.3. The van der Waals surface area contributed by atoms with Crippen molar-refractivity contribution in [1.82, 2.24) is 9.62 Å². The van der Waals surface area contributed by atoms with Gasteiger partial charge in [0.05, 0.1) is 25.1 Å². The summed E-state index contributed by atoms with van der Waals surface area (Å²) in [6, 6.07) is 0. The van der Waals surface area contributed by atoms with Gasteiger partial charge in [0.25, 0.3) is 0 Å². The van der Waals surface area contributed by atoms with Crippen molar-refractivity contribution >= 4 is 10.0 Å². The number of aliphatic hydroxyl groups is 1. The van der Waals surface area contributed by atoms with Gasteiger partial charge in [0.1, 0.15) is 0 Å². The monoisotopic (exact) mass is 266 g/mol. The summed E-state index contributed by atoms with van der Waals surface area (Å²) in [5.41, 5.74) is 0. The highest BCUT2D eigenvalue weighted by molar-refractivity contribution is 7.89. The largest absolute Gasteiger partial charge is 0.394 e. The molecule has 102 valence electrons. The molecule has 0 aromatic heterocycles. The summed E-state index contributed by atoms with van der Waals surface area (Å²) in [4.78, 5) is 0. The van der Waals surface area contributed by atoms with Crippen LogP contribution in [0.4, 0.5) is 0 Å². The highest BCUT2D eigenvalue weighted by Crippen LogP contribution is 2.14. The zero-order chi connectivity index (χ0) is 12.7. The number of piperidine rings is 1. The van der Waals surface area contributed by atoms with Gasteiger partial charge >= 0.3 is 0 Å². The van der Waals surface area contributed by atoms with E-state index >= 15 is 0 Å². The van der Waals surface area contributed by atoms with Gasteiger partial charge in [0.15, 0.2) is 0 Å². The zero-order valence-corrected chi connectivity index (χ0v) is 11.1. The highest BCUT2D eigenvalue weighted by Gasteiger charge is 2.30. The molecular weight excluding hydrogens is 244 g/mol. The average Bonchev–Trinajstić information content (AvgIpc) is 2.35. The molecule has 0 aliphatic carbocycles. The van der Waals surface area contributed by atoms with Crippen molar-refractivity contribution in [2.45, 2.75) is 18.1 Å². The lowest BCUT2D eigenvalue weighted by Crippen LogP contribution is -2.45. The standard InChI is InChI=1S/C10H22N2O4S/c1-12(5-7-16-8-6-13)17(14,15)10-3-2-4-11-9-10/h10-11,13H,2-9H2,1H3. The van der Waals surface area contributed by atoms with Gasteiger partial charge in [-0.2, -0.15) is 0 Å². The summed E-state index contributed by atoms with van der Waals surface area (Å²) in [6.45, 7) is 2.29. The van der Waals surface area contributed by atoms with E-state index in [0.29, 0.717) is 19.7 Å². The molecule has 1 fully saturated rings. The number of hydrogen-bond donors (Lipinski definition) is 2. The van der Waals surface area contributed by atoms with Crippen molar-refractivity contribution in [3.63, 3.8) is 0 Å². The predicted molar refractivity (Wildman–Crippen MR) is 65.3 cm³/mol. The average molecular weight is 266 g/mol. The van der Waals surface area contributed by atoms with Crippen LogP contribution < -0.4 is 5.32 Å². The van der Waals surface area contributed by atoms with Crippen LogP contribution in [0.15, 0.2) is 0 Å². The van der Waals surface area contributed by atoms with Gasteiger partial charge < -0.3 is 15.2 Å². The van der Waals surface area contributed by atoms with Gasteiger partial charge in [-0.3, -0.25) is 0 Å². The van der Waals surface area contributed by atoms with Crippen LogP contribution in [-0.2, 0) is 14.8 Å². The van der Waals surface area contributed by atoms with E-state index in [1.165, 1.54) is 4.31 Å². The van der Waals surface area contributed by atoms with E-state index in [1.54, 1.807) is 7.05 Å². The SMILES string of the molecule is CN(CCOCCO)S(=O)(=O)C1CCCNC1. The lowest BCUT2D eigenvalue weighted by Gasteiger charge is -2.27. The molecule has 2 N–H and O–H groups in total. The smallest absolute Gasteiger partial charge is 0.218 e. The van der Waals surface area contributed by atoms with Crippen molar-refractivity contribution in [2.75, 3.05) is 46.5 Å². The fourth-order valence-electron chi connectivity index (χ4n) is 1.82. The zero-order valence-electron chi connectivity index (χ0n) is 10.3. The van der Waals surface area contributed by atoms with E-state index < -0.39 is 10.0 Å². The summed E-state index contributed by atoms with van der Waals surface area (Å²) < 4.78 is 30.7. The molecule has 1 heterocycles. The molecular formula is C10H22N2O4S. The topological polar surface area (TPSA) is 78.9 Å². The number of nitrogens with zero attached hydrogens (tertiary/aromatic N) is 1. The minimum atomic E-state index is -3.22. The van der Waals surface area contributed by atoms with Crippen molar-refractivity contribution in [3.05, 3.63) is 0 Å². The summed E-state index contributed by atoms with van der Waals surface area (Å²) in [6.07, 6.45) is 1.62. The Kier molecular flexibility index (Phi) is 6.35. The number of ether oxygens (including phenoxy) is 1. The maximum absolute atomic E-state index is 12.1.